The van der Waals surface area contributed by atoms with Gasteiger partial charge in [0.15, 0.2) is 0 Å². The van der Waals surface area contributed by atoms with Gasteiger partial charge in [-0.2, -0.15) is 0 Å². The molecule has 4 heteroatoms. The molecular weight excluding hydrogens is 321 g/mol. The normalized spacial score (nSPS) is 12.6. The molecule has 0 aliphatic carbocycles. The summed E-state index contributed by atoms with van der Waals surface area (Å²) in [6.45, 7) is 5.18. The van der Waals surface area contributed by atoms with Crippen molar-refractivity contribution >= 4 is 15.9 Å². The summed E-state index contributed by atoms with van der Waals surface area (Å²) < 4.78 is 20.5. The van der Waals surface area contributed by atoms with E-state index in [-0.39, 0.29) is 11.9 Å². The average molecular weight is 340 g/mol. The second kappa shape index (κ2) is 7.04. The van der Waals surface area contributed by atoms with Crippen LogP contribution in [0.3, 0.4) is 0 Å². The third-order valence-electron chi connectivity index (χ3n) is 3.21. The van der Waals surface area contributed by atoms with Crippen LogP contribution in [-0.4, -0.2) is 6.54 Å². The summed E-state index contributed by atoms with van der Waals surface area (Å²) in [4.78, 5) is 0. The minimum atomic E-state index is -0.274. The second-order valence-electron chi connectivity index (χ2n) is 4.74. The first-order valence-electron chi connectivity index (χ1n) is 6.94. The number of hydrogen-bond acceptors (Lipinski definition) is 2. The Hall–Kier alpha value is -1.13. The molecule has 20 heavy (non-hydrogen) atoms. The highest BCUT2D eigenvalue weighted by molar-refractivity contribution is 9.10. The van der Waals surface area contributed by atoms with Crippen LogP contribution >= 0.6 is 15.9 Å². The van der Waals surface area contributed by atoms with Crippen LogP contribution in [0, 0.1) is 5.82 Å². The molecule has 1 heterocycles. The lowest BCUT2D eigenvalue weighted by atomic mass is 10.1. The van der Waals surface area contributed by atoms with Gasteiger partial charge >= 0.3 is 0 Å². The molecule has 0 aliphatic heterocycles. The lowest BCUT2D eigenvalue weighted by molar-refractivity contribution is 0.410. The zero-order valence-corrected chi connectivity index (χ0v) is 13.3. The molecule has 1 aromatic heterocycles. The second-order valence-corrected chi connectivity index (χ2v) is 5.66. The van der Waals surface area contributed by atoms with Crippen molar-refractivity contribution in [2.45, 2.75) is 32.7 Å². The van der Waals surface area contributed by atoms with E-state index in [1.807, 2.05) is 12.1 Å². The molecule has 0 spiro atoms. The van der Waals surface area contributed by atoms with Crippen molar-refractivity contribution in [2.24, 2.45) is 0 Å². The van der Waals surface area contributed by atoms with Gasteiger partial charge in [0.2, 0.25) is 0 Å². The van der Waals surface area contributed by atoms with Crippen molar-refractivity contribution in [1.82, 2.24) is 5.32 Å². The summed E-state index contributed by atoms with van der Waals surface area (Å²) in [5.74, 6) is 1.15. The molecule has 0 fully saturated rings. The lowest BCUT2D eigenvalue weighted by Crippen LogP contribution is -2.20. The zero-order chi connectivity index (χ0) is 14.5. The number of furan rings is 1. The zero-order valence-electron chi connectivity index (χ0n) is 11.7. The third kappa shape index (κ3) is 3.49. The van der Waals surface area contributed by atoms with Crippen LogP contribution in [-0.2, 0) is 0 Å². The maximum atomic E-state index is 13.9. The smallest absolute Gasteiger partial charge is 0.137 e. The van der Waals surface area contributed by atoms with Crippen LogP contribution in [0.15, 0.2) is 39.2 Å². The highest BCUT2D eigenvalue weighted by atomic mass is 79.9. The standard InChI is InChI=1S/C16H19BrFNO/c1-3-9-19-14(4-2)16-8-7-15(20-16)12-10-11(17)5-6-13(12)18/h5-8,10,14,19H,3-4,9H2,1-2H3. The van der Waals surface area contributed by atoms with Gasteiger partial charge in [-0.1, -0.05) is 29.8 Å². The Bertz CT molecular complexity index is 567. The number of nitrogens with one attached hydrogen (secondary N) is 1. The van der Waals surface area contributed by atoms with Crippen molar-refractivity contribution in [3.8, 4) is 11.3 Å². The molecule has 2 rings (SSSR count). The Morgan fingerprint density at radius 1 is 1.25 bits per heavy atom. The molecule has 0 aliphatic rings. The van der Waals surface area contributed by atoms with Gasteiger partial charge in [0.05, 0.1) is 11.6 Å². The van der Waals surface area contributed by atoms with Crippen molar-refractivity contribution < 1.29 is 8.81 Å². The SMILES string of the molecule is CCCNC(CC)c1ccc(-c2cc(Br)ccc2F)o1. The Morgan fingerprint density at radius 2 is 2.05 bits per heavy atom. The van der Waals surface area contributed by atoms with Crippen LogP contribution in [0.1, 0.15) is 38.5 Å². The van der Waals surface area contributed by atoms with Crippen LogP contribution in [0.4, 0.5) is 4.39 Å². The third-order valence-corrected chi connectivity index (χ3v) is 3.71. The van der Waals surface area contributed by atoms with Gasteiger partial charge in [-0.15, -0.1) is 0 Å². The molecule has 0 amide bonds. The minimum absolute atomic E-state index is 0.180. The Labute approximate surface area is 127 Å². The molecule has 2 aromatic rings. The van der Waals surface area contributed by atoms with Crippen molar-refractivity contribution in [1.29, 1.82) is 0 Å². The van der Waals surface area contributed by atoms with Crippen molar-refractivity contribution in [3.63, 3.8) is 0 Å². The van der Waals surface area contributed by atoms with Gasteiger partial charge in [-0.05, 0) is 49.7 Å². The van der Waals surface area contributed by atoms with Crippen molar-refractivity contribution in [3.05, 3.63) is 46.4 Å². The van der Waals surface area contributed by atoms with Gasteiger partial charge in [-0.3, -0.25) is 0 Å². The molecule has 0 radical (unpaired) electrons. The van der Waals surface area contributed by atoms with Gasteiger partial charge < -0.3 is 9.73 Å². The van der Waals surface area contributed by atoms with Crippen LogP contribution in [0.25, 0.3) is 11.3 Å². The highest BCUT2D eigenvalue weighted by Gasteiger charge is 2.15. The molecule has 1 unspecified atom stereocenters. The minimum Gasteiger partial charge on any atom is -0.459 e. The first kappa shape index (κ1) is 15.3. The van der Waals surface area contributed by atoms with Crippen molar-refractivity contribution in [2.75, 3.05) is 6.54 Å². The first-order valence-corrected chi connectivity index (χ1v) is 7.73. The molecule has 108 valence electrons. The predicted molar refractivity (Wildman–Crippen MR) is 83.1 cm³/mol. The fourth-order valence-electron chi connectivity index (χ4n) is 2.14. The quantitative estimate of drug-likeness (QED) is 0.772. The van der Waals surface area contributed by atoms with Crippen LogP contribution < -0.4 is 5.32 Å². The highest BCUT2D eigenvalue weighted by Crippen LogP contribution is 2.30. The number of benzene rings is 1. The van der Waals surface area contributed by atoms with E-state index in [2.05, 4.69) is 35.1 Å². The Balaban J connectivity index is 2.25. The molecule has 1 atom stereocenters. The van der Waals surface area contributed by atoms with E-state index in [0.29, 0.717) is 11.3 Å². The summed E-state index contributed by atoms with van der Waals surface area (Å²) in [7, 11) is 0. The maximum Gasteiger partial charge on any atom is 0.137 e. The fourth-order valence-corrected chi connectivity index (χ4v) is 2.50. The van der Waals surface area contributed by atoms with Gasteiger partial charge in [-0.25, -0.2) is 4.39 Å². The van der Waals surface area contributed by atoms with E-state index in [4.69, 9.17) is 4.42 Å². The first-order chi connectivity index (χ1) is 9.65. The van der Waals surface area contributed by atoms with Crippen LogP contribution in [0.2, 0.25) is 0 Å². The molecule has 0 bridgehead atoms. The molecule has 0 saturated heterocycles. The van der Waals surface area contributed by atoms with Crippen LogP contribution in [0.5, 0.6) is 0 Å². The number of rotatable bonds is 6. The lowest BCUT2D eigenvalue weighted by Gasteiger charge is -2.13. The number of halogens is 2. The molecule has 0 saturated carbocycles. The summed E-state index contributed by atoms with van der Waals surface area (Å²) >= 11 is 3.36. The summed E-state index contributed by atoms with van der Waals surface area (Å²) in [6, 6.07) is 8.79. The Kier molecular flexibility index (Phi) is 5.38. The van der Waals surface area contributed by atoms with Gasteiger partial charge in [0, 0.05) is 4.47 Å². The van der Waals surface area contributed by atoms with E-state index >= 15 is 0 Å². The van der Waals surface area contributed by atoms with E-state index in [0.717, 1.165) is 29.6 Å². The van der Waals surface area contributed by atoms with Gasteiger partial charge in [0.25, 0.3) is 0 Å². The molecule has 2 nitrogen and oxygen atoms in total. The predicted octanol–water partition coefficient (Wildman–Crippen LogP) is 5.30. The topological polar surface area (TPSA) is 25.2 Å². The molecular formula is C16H19BrFNO. The van der Waals surface area contributed by atoms with E-state index < -0.39 is 0 Å². The van der Waals surface area contributed by atoms with Gasteiger partial charge in [0.1, 0.15) is 17.3 Å². The monoisotopic (exact) mass is 339 g/mol. The van der Waals surface area contributed by atoms with E-state index in [1.165, 1.54) is 6.07 Å². The Morgan fingerprint density at radius 3 is 2.75 bits per heavy atom. The maximum absolute atomic E-state index is 13.9. The van der Waals surface area contributed by atoms with E-state index in [9.17, 15) is 4.39 Å². The van der Waals surface area contributed by atoms with E-state index in [1.54, 1.807) is 12.1 Å². The molecule has 1 aromatic carbocycles. The number of hydrogen-bond donors (Lipinski definition) is 1. The molecule has 1 N–H and O–H groups in total. The summed E-state index contributed by atoms with van der Waals surface area (Å²) in [6.07, 6.45) is 2.01. The summed E-state index contributed by atoms with van der Waals surface area (Å²) in [5, 5.41) is 3.43. The largest absolute Gasteiger partial charge is 0.459 e. The fraction of sp³-hybridized carbons (Fsp3) is 0.375. The summed E-state index contributed by atoms with van der Waals surface area (Å²) in [5.41, 5.74) is 0.482. The average Bonchev–Trinajstić information content (AvgIpc) is 2.92.